The lowest BCUT2D eigenvalue weighted by Gasteiger charge is -2.52. The van der Waals surface area contributed by atoms with Crippen LogP contribution in [-0.2, 0) is 26.2 Å². The van der Waals surface area contributed by atoms with Crippen LogP contribution in [0.25, 0.3) is 0 Å². The van der Waals surface area contributed by atoms with Gasteiger partial charge < -0.3 is 9.22 Å². The largest absolute Gasteiger partial charge is 0.455 e. The molecule has 6 nitrogen and oxygen atoms in total. The number of piperidine rings is 3. The minimum absolute atomic E-state index is 0.0189. The molecule has 0 aromatic carbocycles. The monoisotopic (exact) mass is 468 g/mol. The Morgan fingerprint density at radius 2 is 1.91 bits per heavy atom. The standard InChI is InChI=1S/C26H34N3O3S/c30-22(16-21-17-27-11-12-28-21)18-29-13-7-20(8-14-29)23(19-29)32-25(31)26(24-6-5-15-33-24)9-3-1-2-4-10-26/h5-6,11-12,15,17,20,23H,1-4,7-10,13-14,16,18-19H2/q+1/t20?,23-,29?/m0/s1. The molecule has 2 bridgehead atoms. The summed E-state index contributed by atoms with van der Waals surface area (Å²) in [6.07, 6.45) is 13.6. The molecular weight excluding hydrogens is 434 g/mol. The molecule has 4 aliphatic rings. The molecule has 3 aliphatic heterocycles. The molecule has 0 spiro atoms. The molecule has 0 radical (unpaired) electrons. The molecule has 5 heterocycles. The Labute approximate surface area is 200 Å². The van der Waals surface area contributed by atoms with E-state index in [0.29, 0.717) is 18.9 Å². The average molecular weight is 469 g/mol. The highest BCUT2D eigenvalue weighted by atomic mass is 32.1. The highest BCUT2D eigenvalue weighted by Gasteiger charge is 2.51. The number of carbonyl (C=O) groups excluding carboxylic acids is 2. The maximum absolute atomic E-state index is 13.8. The normalized spacial score (nSPS) is 28.7. The molecule has 7 heteroatoms. The van der Waals surface area contributed by atoms with Gasteiger partial charge in [-0.3, -0.25) is 19.6 Å². The number of thiophene rings is 1. The predicted octanol–water partition coefficient (Wildman–Crippen LogP) is 4.09. The van der Waals surface area contributed by atoms with Crippen molar-refractivity contribution in [2.45, 2.75) is 69.3 Å². The SMILES string of the molecule is O=C(Cc1cnccn1)C[N+]12CCC(CC1)[C@@H](OC(=O)C1(c3cccs3)CCCCCC1)C2. The molecule has 0 amide bonds. The van der Waals surface area contributed by atoms with Crippen LogP contribution in [0.15, 0.2) is 36.1 Å². The van der Waals surface area contributed by atoms with Gasteiger partial charge in [0.15, 0.2) is 11.9 Å². The predicted molar refractivity (Wildman–Crippen MR) is 127 cm³/mol. The van der Waals surface area contributed by atoms with E-state index in [9.17, 15) is 9.59 Å². The number of ether oxygens (including phenoxy) is 1. The number of aromatic nitrogens is 2. The summed E-state index contributed by atoms with van der Waals surface area (Å²) in [5.41, 5.74) is 0.241. The van der Waals surface area contributed by atoms with Gasteiger partial charge in [0.05, 0.1) is 25.2 Å². The fourth-order valence-electron chi connectivity index (χ4n) is 6.31. The second kappa shape index (κ2) is 9.63. The van der Waals surface area contributed by atoms with Crippen LogP contribution in [0.4, 0.5) is 0 Å². The van der Waals surface area contributed by atoms with Crippen molar-refractivity contribution in [3.8, 4) is 0 Å². The number of quaternary nitrogens is 1. The van der Waals surface area contributed by atoms with E-state index in [0.717, 1.165) is 68.3 Å². The lowest BCUT2D eigenvalue weighted by Crippen LogP contribution is -2.66. The minimum Gasteiger partial charge on any atom is -0.455 e. The van der Waals surface area contributed by atoms with Crippen LogP contribution in [-0.4, -0.2) is 58.5 Å². The first kappa shape index (κ1) is 22.7. The van der Waals surface area contributed by atoms with Gasteiger partial charge in [-0.05, 0) is 24.3 Å². The molecular formula is C26H34N3O3S+. The van der Waals surface area contributed by atoms with Crippen molar-refractivity contribution >= 4 is 23.1 Å². The molecule has 6 rings (SSSR count). The van der Waals surface area contributed by atoms with Crippen molar-refractivity contribution in [3.63, 3.8) is 0 Å². The summed E-state index contributed by atoms with van der Waals surface area (Å²) in [7, 11) is 0. The number of nitrogens with zero attached hydrogens (tertiary/aromatic N) is 3. The summed E-state index contributed by atoms with van der Waals surface area (Å²) >= 11 is 1.69. The lowest BCUT2D eigenvalue weighted by molar-refractivity contribution is -0.939. The summed E-state index contributed by atoms with van der Waals surface area (Å²) < 4.78 is 7.14. The Bertz CT molecular complexity index is 946. The van der Waals surface area contributed by atoms with E-state index >= 15 is 0 Å². The van der Waals surface area contributed by atoms with E-state index in [1.807, 2.05) is 0 Å². The first-order valence-corrected chi connectivity index (χ1v) is 13.3. The summed E-state index contributed by atoms with van der Waals surface area (Å²) in [5.74, 6) is 0.601. The molecule has 33 heavy (non-hydrogen) atoms. The van der Waals surface area contributed by atoms with Crippen LogP contribution in [0.2, 0.25) is 0 Å². The third-order valence-corrected chi connectivity index (χ3v) is 9.22. The molecule has 1 atom stereocenters. The summed E-state index contributed by atoms with van der Waals surface area (Å²) in [6.45, 7) is 3.26. The molecule has 2 aromatic rings. The first-order chi connectivity index (χ1) is 16.1. The number of Topliss-reactive ketones (excluding diaryl/α,β-unsaturated/α-hetero) is 1. The van der Waals surface area contributed by atoms with Gasteiger partial charge in [0, 0.05) is 42.2 Å². The van der Waals surface area contributed by atoms with Crippen LogP contribution < -0.4 is 0 Å². The number of fused-ring (bicyclic) bond motifs is 3. The van der Waals surface area contributed by atoms with Gasteiger partial charge in [0.1, 0.15) is 18.5 Å². The summed E-state index contributed by atoms with van der Waals surface area (Å²) in [5, 5.41) is 2.08. The average Bonchev–Trinajstić information content (AvgIpc) is 3.25. The van der Waals surface area contributed by atoms with Gasteiger partial charge in [-0.25, -0.2) is 0 Å². The lowest BCUT2D eigenvalue weighted by atomic mass is 9.78. The van der Waals surface area contributed by atoms with E-state index in [1.54, 1.807) is 29.9 Å². The molecule has 1 aliphatic carbocycles. The number of hydrogen-bond acceptors (Lipinski definition) is 6. The van der Waals surface area contributed by atoms with E-state index in [1.165, 1.54) is 17.7 Å². The van der Waals surface area contributed by atoms with Crippen molar-refractivity contribution in [1.82, 2.24) is 9.97 Å². The van der Waals surface area contributed by atoms with Crippen LogP contribution in [0.1, 0.15) is 61.9 Å². The number of rotatable bonds is 7. The van der Waals surface area contributed by atoms with Crippen molar-refractivity contribution in [1.29, 1.82) is 0 Å². The Morgan fingerprint density at radius 3 is 2.58 bits per heavy atom. The van der Waals surface area contributed by atoms with E-state index in [4.69, 9.17) is 4.74 Å². The molecule has 3 saturated heterocycles. The van der Waals surface area contributed by atoms with Gasteiger partial charge in [-0.2, -0.15) is 0 Å². The minimum atomic E-state index is -0.483. The number of carbonyl (C=O) groups is 2. The number of esters is 1. The van der Waals surface area contributed by atoms with E-state index in [2.05, 4.69) is 27.5 Å². The summed E-state index contributed by atoms with van der Waals surface area (Å²) in [6, 6.07) is 4.17. The van der Waals surface area contributed by atoms with E-state index in [-0.39, 0.29) is 17.9 Å². The second-order valence-corrected chi connectivity index (χ2v) is 11.2. The fraction of sp³-hybridized carbons (Fsp3) is 0.615. The van der Waals surface area contributed by atoms with Gasteiger partial charge in [-0.15, -0.1) is 11.3 Å². The van der Waals surface area contributed by atoms with Crippen molar-refractivity contribution in [3.05, 3.63) is 46.7 Å². The Hall–Kier alpha value is -2.12. The zero-order valence-electron chi connectivity index (χ0n) is 19.3. The Kier molecular flexibility index (Phi) is 6.61. The van der Waals surface area contributed by atoms with Crippen molar-refractivity contribution in [2.75, 3.05) is 26.2 Å². The maximum Gasteiger partial charge on any atom is 0.317 e. The highest BCUT2D eigenvalue weighted by molar-refractivity contribution is 7.10. The second-order valence-electron chi connectivity index (χ2n) is 10.3. The molecule has 2 aromatic heterocycles. The van der Waals surface area contributed by atoms with Crippen LogP contribution >= 0.6 is 11.3 Å². The van der Waals surface area contributed by atoms with Crippen LogP contribution in [0.5, 0.6) is 0 Å². The highest BCUT2D eigenvalue weighted by Crippen LogP contribution is 2.43. The van der Waals surface area contributed by atoms with Crippen LogP contribution in [0, 0.1) is 5.92 Å². The van der Waals surface area contributed by atoms with Gasteiger partial charge in [-0.1, -0.05) is 31.7 Å². The third-order valence-electron chi connectivity index (χ3n) is 8.15. The Balaban J connectivity index is 1.28. The van der Waals surface area contributed by atoms with Gasteiger partial charge in [0.2, 0.25) is 0 Å². The zero-order chi connectivity index (χ0) is 22.7. The molecule has 4 fully saturated rings. The van der Waals surface area contributed by atoms with Crippen LogP contribution in [0.3, 0.4) is 0 Å². The number of hydrogen-bond donors (Lipinski definition) is 0. The molecule has 0 unspecified atom stereocenters. The number of ketones is 1. The molecule has 1 saturated carbocycles. The molecule has 0 N–H and O–H groups in total. The topological polar surface area (TPSA) is 69.2 Å². The Morgan fingerprint density at radius 1 is 1.12 bits per heavy atom. The van der Waals surface area contributed by atoms with E-state index < -0.39 is 5.41 Å². The van der Waals surface area contributed by atoms with Gasteiger partial charge in [0.25, 0.3) is 0 Å². The smallest absolute Gasteiger partial charge is 0.317 e. The molecule has 176 valence electrons. The summed E-state index contributed by atoms with van der Waals surface area (Å²) in [4.78, 5) is 36.2. The van der Waals surface area contributed by atoms with Crippen molar-refractivity contribution < 1.29 is 18.8 Å². The van der Waals surface area contributed by atoms with Crippen molar-refractivity contribution in [2.24, 2.45) is 5.92 Å². The van der Waals surface area contributed by atoms with Gasteiger partial charge >= 0.3 is 5.97 Å². The maximum atomic E-state index is 13.8. The fourth-order valence-corrected chi connectivity index (χ4v) is 7.29. The zero-order valence-corrected chi connectivity index (χ0v) is 20.1. The quantitative estimate of drug-likeness (QED) is 0.348. The first-order valence-electron chi connectivity index (χ1n) is 12.5. The third kappa shape index (κ3) is 4.76.